The van der Waals surface area contributed by atoms with Crippen LogP contribution in [0.25, 0.3) is 0 Å². The molecule has 152 valence electrons. The van der Waals surface area contributed by atoms with E-state index in [1.165, 1.54) is 21.6 Å². The lowest BCUT2D eigenvalue weighted by atomic mass is 10.0. The molecule has 1 N–H and O–H groups in total. The maximum atomic E-state index is 12.7. The number of amides is 1. The van der Waals surface area contributed by atoms with Crippen molar-refractivity contribution in [3.05, 3.63) is 51.2 Å². The SMILES string of the molecule is CCc1cccc(CC)c1NC(=O)CN1CCCN(Cc2sccc2C)CC1. The predicted octanol–water partition coefficient (Wildman–Crippen LogP) is 4.33. The number of aryl methyl sites for hydroxylation is 3. The minimum Gasteiger partial charge on any atom is -0.324 e. The van der Waals surface area contributed by atoms with Gasteiger partial charge in [0.25, 0.3) is 0 Å². The summed E-state index contributed by atoms with van der Waals surface area (Å²) in [6.07, 6.45) is 2.98. The molecule has 1 aromatic heterocycles. The highest BCUT2D eigenvalue weighted by molar-refractivity contribution is 7.10. The van der Waals surface area contributed by atoms with Gasteiger partial charge in [0.2, 0.25) is 5.91 Å². The lowest BCUT2D eigenvalue weighted by Gasteiger charge is -2.22. The molecule has 1 saturated heterocycles. The second-order valence-electron chi connectivity index (χ2n) is 7.64. The largest absolute Gasteiger partial charge is 0.324 e. The summed E-state index contributed by atoms with van der Waals surface area (Å²) in [5.74, 6) is 0.109. The van der Waals surface area contributed by atoms with Gasteiger partial charge >= 0.3 is 0 Å². The monoisotopic (exact) mass is 399 g/mol. The zero-order valence-electron chi connectivity index (χ0n) is 17.5. The van der Waals surface area contributed by atoms with Crippen LogP contribution in [-0.4, -0.2) is 48.4 Å². The van der Waals surface area contributed by atoms with Gasteiger partial charge in [0.1, 0.15) is 0 Å². The Hall–Kier alpha value is -1.69. The fraction of sp³-hybridized carbons (Fsp3) is 0.522. The smallest absolute Gasteiger partial charge is 0.238 e. The zero-order chi connectivity index (χ0) is 19.9. The highest BCUT2D eigenvalue weighted by Crippen LogP contribution is 2.23. The number of carbonyl (C=O) groups is 1. The Morgan fingerprint density at radius 2 is 1.71 bits per heavy atom. The Balaban J connectivity index is 1.55. The van der Waals surface area contributed by atoms with Crippen molar-refractivity contribution in [2.45, 2.75) is 46.6 Å². The first-order chi connectivity index (χ1) is 13.6. The Morgan fingerprint density at radius 3 is 2.36 bits per heavy atom. The van der Waals surface area contributed by atoms with E-state index in [9.17, 15) is 4.79 Å². The topological polar surface area (TPSA) is 35.6 Å². The summed E-state index contributed by atoms with van der Waals surface area (Å²) in [4.78, 5) is 19.0. The number of benzene rings is 1. The quantitative estimate of drug-likeness (QED) is 0.753. The van der Waals surface area contributed by atoms with E-state index in [1.807, 2.05) is 11.3 Å². The van der Waals surface area contributed by atoms with Crippen LogP contribution in [0, 0.1) is 6.92 Å². The Labute approximate surface area is 173 Å². The fourth-order valence-electron chi connectivity index (χ4n) is 3.89. The van der Waals surface area contributed by atoms with Gasteiger partial charge in [-0.05, 0) is 67.4 Å². The Bertz CT molecular complexity index is 764. The maximum Gasteiger partial charge on any atom is 0.238 e. The minimum absolute atomic E-state index is 0.109. The Kier molecular flexibility index (Phi) is 7.65. The molecule has 0 saturated carbocycles. The molecule has 0 radical (unpaired) electrons. The van der Waals surface area contributed by atoms with E-state index in [0.717, 1.165) is 57.7 Å². The van der Waals surface area contributed by atoms with Crippen LogP contribution in [0.1, 0.15) is 41.8 Å². The lowest BCUT2D eigenvalue weighted by Crippen LogP contribution is -2.36. The number of hydrogen-bond acceptors (Lipinski definition) is 4. The molecular formula is C23H33N3OS. The minimum atomic E-state index is 0.109. The standard InChI is InChI=1S/C23H33N3OS/c1-4-19-8-6-9-20(5-2)23(19)24-22(27)17-26-12-7-11-25(13-14-26)16-21-18(3)10-15-28-21/h6,8-10,15H,4-5,7,11-14,16-17H2,1-3H3,(H,24,27). The van der Waals surface area contributed by atoms with E-state index in [1.54, 1.807) is 0 Å². The van der Waals surface area contributed by atoms with Gasteiger partial charge < -0.3 is 5.32 Å². The zero-order valence-corrected chi connectivity index (χ0v) is 18.3. The summed E-state index contributed by atoms with van der Waals surface area (Å²) in [6.45, 7) is 12.1. The third kappa shape index (κ3) is 5.43. The summed E-state index contributed by atoms with van der Waals surface area (Å²) in [5, 5.41) is 5.39. The molecule has 3 rings (SSSR count). The molecule has 28 heavy (non-hydrogen) atoms. The first-order valence-electron chi connectivity index (χ1n) is 10.5. The summed E-state index contributed by atoms with van der Waals surface area (Å²) in [5.41, 5.74) is 4.87. The average Bonchev–Trinajstić information content (AvgIpc) is 2.96. The molecule has 4 nitrogen and oxygen atoms in total. The van der Waals surface area contributed by atoms with Crippen molar-refractivity contribution in [1.82, 2.24) is 9.80 Å². The number of nitrogens with zero attached hydrogens (tertiary/aromatic N) is 2. The number of hydrogen-bond donors (Lipinski definition) is 1. The summed E-state index contributed by atoms with van der Waals surface area (Å²) in [6, 6.07) is 8.52. The highest BCUT2D eigenvalue weighted by atomic mass is 32.1. The van der Waals surface area contributed by atoms with E-state index >= 15 is 0 Å². The molecule has 1 amide bonds. The molecule has 2 heterocycles. The van der Waals surface area contributed by atoms with Crippen LogP contribution in [0.15, 0.2) is 29.6 Å². The van der Waals surface area contributed by atoms with Crippen molar-refractivity contribution in [2.75, 3.05) is 38.0 Å². The summed E-state index contributed by atoms with van der Waals surface area (Å²) < 4.78 is 0. The van der Waals surface area contributed by atoms with Crippen LogP contribution >= 0.6 is 11.3 Å². The van der Waals surface area contributed by atoms with Crippen LogP contribution in [-0.2, 0) is 24.2 Å². The van der Waals surface area contributed by atoms with Gasteiger partial charge in [0.05, 0.1) is 6.54 Å². The van der Waals surface area contributed by atoms with Crippen LogP contribution < -0.4 is 5.32 Å². The van der Waals surface area contributed by atoms with Crippen LogP contribution in [0.5, 0.6) is 0 Å². The first kappa shape index (κ1) is 21.0. The van der Waals surface area contributed by atoms with E-state index in [-0.39, 0.29) is 5.91 Å². The van der Waals surface area contributed by atoms with Crippen molar-refractivity contribution in [3.8, 4) is 0 Å². The third-order valence-electron chi connectivity index (χ3n) is 5.65. The van der Waals surface area contributed by atoms with Gasteiger partial charge in [0, 0.05) is 30.2 Å². The van der Waals surface area contributed by atoms with Crippen LogP contribution in [0.3, 0.4) is 0 Å². The normalized spacial score (nSPS) is 16.1. The van der Waals surface area contributed by atoms with Crippen molar-refractivity contribution >= 4 is 22.9 Å². The molecule has 0 atom stereocenters. The molecule has 1 aliphatic heterocycles. The Morgan fingerprint density at radius 1 is 1.04 bits per heavy atom. The van der Waals surface area contributed by atoms with Crippen LogP contribution in [0.2, 0.25) is 0 Å². The van der Waals surface area contributed by atoms with Crippen molar-refractivity contribution in [2.24, 2.45) is 0 Å². The second-order valence-corrected chi connectivity index (χ2v) is 8.64. The molecule has 0 aliphatic carbocycles. The van der Waals surface area contributed by atoms with Gasteiger partial charge in [0.15, 0.2) is 0 Å². The number of rotatable bonds is 7. The highest BCUT2D eigenvalue weighted by Gasteiger charge is 2.19. The molecule has 5 heteroatoms. The third-order valence-corrected chi connectivity index (χ3v) is 6.65. The molecule has 0 bridgehead atoms. The van der Waals surface area contributed by atoms with E-state index in [2.05, 4.69) is 65.5 Å². The maximum absolute atomic E-state index is 12.7. The van der Waals surface area contributed by atoms with E-state index in [4.69, 9.17) is 0 Å². The van der Waals surface area contributed by atoms with Gasteiger partial charge in [-0.1, -0.05) is 32.0 Å². The molecule has 1 aromatic carbocycles. The number of anilines is 1. The van der Waals surface area contributed by atoms with E-state index < -0.39 is 0 Å². The average molecular weight is 400 g/mol. The molecule has 1 aliphatic rings. The van der Waals surface area contributed by atoms with Gasteiger partial charge in [-0.15, -0.1) is 11.3 Å². The molecular weight excluding hydrogens is 366 g/mol. The summed E-state index contributed by atoms with van der Waals surface area (Å²) in [7, 11) is 0. The number of para-hydroxylation sites is 1. The van der Waals surface area contributed by atoms with Crippen molar-refractivity contribution in [1.29, 1.82) is 0 Å². The second kappa shape index (κ2) is 10.2. The van der Waals surface area contributed by atoms with Crippen molar-refractivity contribution in [3.63, 3.8) is 0 Å². The van der Waals surface area contributed by atoms with Crippen LogP contribution in [0.4, 0.5) is 5.69 Å². The summed E-state index contributed by atoms with van der Waals surface area (Å²) >= 11 is 1.85. The van der Waals surface area contributed by atoms with E-state index in [0.29, 0.717) is 6.54 Å². The fourth-order valence-corrected chi connectivity index (χ4v) is 4.84. The van der Waals surface area contributed by atoms with Gasteiger partial charge in [-0.25, -0.2) is 0 Å². The molecule has 1 fully saturated rings. The molecule has 2 aromatic rings. The molecule has 0 spiro atoms. The van der Waals surface area contributed by atoms with Crippen molar-refractivity contribution < 1.29 is 4.79 Å². The number of carbonyl (C=O) groups excluding carboxylic acids is 1. The predicted molar refractivity (Wildman–Crippen MR) is 119 cm³/mol. The number of nitrogens with one attached hydrogen (secondary N) is 1. The lowest BCUT2D eigenvalue weighted by molar-refractivity contribution is -0.117. The van der Waals surface area contributed by atoms with Gasteiger partial charge in [-0.3, -0.25) is 14.6 Å². The van der Waals surface area contributed by atoms with Gasteiger partial charge in [-0.2, -0.15) is 0 Å². The number of thiophene rings is 1. The molecule has 0 unspecified atom stereocenters. The first-order valence-corrected chi connectivity index (χ1v) is 11.4.